The molecule has 2 heterocycles. The van der Waals surface area contributed by atoms with E-state index in [1.165, 1.54) is 28.8 Å². The number of piperazine rings is 1. The minimum Gasteiger partial charge on any atom is -0.384 e. The van der Waals surface area contributed by atoms with E-state index < -0.39 is 40.3 Å². The fourth-order valence-corrected chi connectivity index (χ4v) is 12.0. The lowest BCUT2D eigenvalue weighted by Gasteiger charge is -2.39. The van der Waals surface area contributed by atoms with Gasteiger partial charge in [0.05, 0.1) is 28.7 Å². The number of anilines is 2. The Labute approximate surface area is 395 Å². The summed E-state index contributed by atoms with van der Waals surface area (Å²) in [5, 5.41) is 3.66. The van der Waals surface area contributed by atoms with Crippen LogP contribution < -0.4 is 14.9 Å². The number of amides is 1. The van der Waals surface area contributed by atoms with Crippen molar-refractivity contribution in [2.45, 2.75) is 65.0 Å². The summed E-state index contributed by atoms with van der Waals surface area (Å²) < 4.78 is 85.0. The van der Waals surface area contributed by atoms with Crippen LogP contribution in [0, 0.1) is 5.41 Å². The Hall–Kier alpha value is -3.74. The number of carbonyl (C=O) groups is 1. The molecular formula is C47H55Cl2F2N5O6S3. The number of allylic oxidation sites excluding steroid dienone is 1. The molecule has 0 saturated carbocycles. The summed E-state index contributed by atoms with van der Waals surface area (Å²) in [6.07, 6.45) is 3.69. The van der Waals surface area contributed by atoms with Crippen LogP contribution >= 0.6 is 35.0 Å². The van der Waals surface area contributed by atoms with Gasteiger partial charge in [0, 0.05) is 85.3 Å². The number of alkyl halides is 3. The summed E-state index contributed by atoms with van der Waals surface area (Å²) in [6.45, 7) is 11.4. The van der Waals surface area contributed by atoms with Crippen molar-refractivity contribution in [3.05, 3.63) is 119 Å². The van der Waals surface area contributed by atoms with Gasteiger partial charge >= 0.3 is 4.71 Å². The summed E-state index contributed by atoms with van der Waals surface area (Å²) in [7, 11) is -10.3. The lowest BCUT2D eigenvalue weighted by atomic mass is 9.72. The summed E-state index contributed by atoms with van der Waals surface area (Å²) in [6, 6.07) is 27.3. The maximum Gasteiger partial charge on any atom is 0.427 e. The fraction of sp³-hybridized carbons (Fsp3) is 0.426. The van der Waals surface area contributed by atoms with Crippen molar-refractivity contribution < 1.29 is 35.1 Å². The number of morpholine rings is 1. The van der Waals surface area contributed by atoms with Crippen molar-refractivity contribution in [2.24, 2.45) is 5.41 Å². The molecule has 18 heteroatoms. The van der Waals surface area contributed by atoms with Gasteiger partial charge in [-0.3, -0.25) is 14.6 Å². The van der Waals surface area contributed by atoms with Gasteiger partial charge in [-0.25, -0.2) is 21.6 Å². The van der Waals surface area contributed by atoms with Gasteiger partial charge in [-0.2, -0.15) is 8.78 Å². The van der Waals surface area contributed by atoms with E-state index in [1.807, 2.05) is 47.2 Å². The second-order valence-electron chi connectivity index (χ2n) is 17.4. The SMILES string of the molecule is CC1(C)CCC(CN2CCN(c3ccc(C(=O)NS(=O)(=O)c4ccc(NCCC(CSc5ccccc5)N5CCOCC5)c(S(=O)(=O)C(F)(F)Cl)c4)cc3)CC2)=C(c2ccc(Cl)cc2)C1. The Balaban J connectivity index is 0.983. The molecule has 65 heavy (non-hydrogen) atoms. The lowest BCUT2D eigenvalue weighted by molar-refractivity contribution is 0.0203. The highest BCUT2D eigenvalue weighted by atomic mass is 35.5. The molecule has 0 aromatic heterocycles. The van der Waals surface area contributed by atoms with Gasteiger partial charge < -0.3 is 15.0 Å². The van der Waals surface area contributed by atoms with Crippen LogP contribution in [-0.2, 0) is 24.6 Å². The quantitative estimate of drug-likeness (QED) is 0.0777. The van der Waals surface area contributed by atoms with Crippen molar-refractivity contribution in [1.82, 2.24) is 14.5 Å². The van der Waals surface area contributed by atoms with Crippen LogP contribution in [0.2, 0.25) is 5.02 Å². The highest BCUT2D eigenvalue weighted by Crippen LogP contribution is 2.43. The lowest BCUT2D eigenvalue weighted by Crippen LogP contribution is -2.47. The minimum absolute atomic E-state index is 0.0260. The Morgan fingerprint density at radius 2 is 1.57 bits per heavy atom. The first-order valence-electron chi connectivity index (χ1n) is 21.7. The molecule has 2 N–H and O–H groups in total. The molecule has 11 nitrogen and oxygen atoms in total. The Morgan fingerprint density at radius 1 is 0.892 bits per heavy atom. The predicted molar refractivity (Wildman–Crippen MR) is 257 cm³/mol. The van der Waals surface area contributed by atoms with E-state index in [2.05, 4.69) is 46.0 Å². The molecule has 7 rings (SSSR count). The van der Waals surface area contributed by atoms with E-state index in [0.29, 0.717) is 44.5 Å². The molecule has 1 amide bonds. The number of thioether (sulfide) groups is 1. The smallest absolute Gasteiger partial charge is 0.384 e. The largest absolute Gasteiger partial charge is 0.427 e. The Bertz CT molecular complexity index is 2530. The van der Waals surface area contributed by atoms with Crippen molar-refractivity contribution in [3.63, 3.8) is 0 Å². The molecule has 2 saturated heterocycles. The summed E-state index contributed by atoms with van der Waals surface area (Å²) >= 11 is 13.0. The van der Waals surface area contributed by atoms with E-state index in [0.717, 1.165) is 79.7 Å². The zero-order valence-electron chi connectivity index (χ0n) is 36.4. The number of carbonyl (C=O) groups excluding carboxylic acids is 1. The second kappa shape index (κ2) is 21.1. The van der Waals surface area contributed by atoms with Gasteiger partial charge in [0.25, 0.3) is 25.8 Å². The number of sulfone groups is 1. The van der Waals surface area contributed by atoms with Gasteiger partial charge in [-0.1, -0.05) is 61.4 Å². The van der Waals surface area contributed by atoms with Crippen molar-refractivity contribution in [3.8, 4) is 0 Å². The molecule has 1 atom stereocenters. The van der Waals surface area contributed by atoms with Crippen molar-refractivity contribution in [1.29, 1.82) is 0 Å². The molecule has 2 aliphatic heterocycles. The first kappa shape index (κ1) is 49.2. The van der Waals surface area contributed by atoms with Crippen LogP contribution in [0.3, 0.4) is 0 Å². The maximum atomic E-state index is 14.5. The molecule has 1 unspecified atom stereocenters. The maximum absolute atomic E-state index is 14.5. The number of nitrogens with zero attached hydrogens (tertiary/aromatic N) is 3. The first-order chi connectivity index (χ1) is 30.9. The highest BCUT2D eigenvalue weighted by molar-refractivity contribution is 7.99. The molecule has 350 valence electrons. The fourth-order valence-electron chi connectivity index (χ4n) is 8.52. The van der Waals surface area contributed by atoms with Gasteiger partial charge in [-0.05, 0) is 121 Å². The van der Waals surface area contributed by atoms with E-state index >= 15 is 0 Å². The zero-order valence-corrected chi connectivity index (χ0v) is 40.4. The van der Waals surface area contributed by atoms with Crippen LogP contribution in [0.25, 0.3) is 5.57 Å². The molecule has 0 radical (unpaired) electrons. The number of halogens is 4. The molecular weight excluding hydrogens is 936 g/mol. The highest BCUT2D eigenvalue weighted by Gasteiger charge is 2.46. The molecule has 0 bridgehead atoms. The molecule has 2 fully saturated rings. The van der Waals surface area contributed by atoms with Gasteiger partial charge in [0.15, 0.2) is 0 Å². The van der Waals surface area contributed by atoms with E-state index in [4.69, 9.17) is 27.9 Å². The topological polar surface area (TPSA) is 128 Å². The number of rotatable bonds is 17. The Morgan fingerprint density at radius 3 is 2.23 bits per heavy atom. The number of hydrogen-bond donors (Lipinski definition) is 2. The minimum atomic E-state index is -5.59. The third-order valence-corrected chi connectivity index (χ3v) is 17.2. The Kier molecular flexibility index (Phi) is 15.9. The number of sulfonamides is 1. The number of ether oxygens (including phenoxy) is 1. The monoisotopic (exact) mass is 989 g/mol. The van der Waals surface area contributed by atoms with E-state index in [9.17, 15) is 30.4 Å². The molecule has 1 aliphatic carbocycles. The standard InChI is InChI=1S/C47H55Cl2F2N5O6S3/c1-46(2)20-18-36(42(31-46)34-8-12-37(48)13-9-34)32-54-22-24-55(25-23-54)38-14-10-35(11-15-38)45(57)53-65(60,61)41-16-17-43(44(30-41)64(58,59)47(49,50)51)52-21-19-39(56-26-28-62-29-27-56)33-63-40-6-4-3-5-7-40/h3-17,30,39,52H,18-29,31-33H2,1-2H3,(H,53,57). The van der Waals surface area contributed by atoms with E-state index in [-0.39, 0.29) is 29.3 Å². The molecule has 3 aliphatic rings. The van der Waals surface area contributed by atoms with Gasteiger partial charge in [0.1, 0.15) is 0 Å². The number of benzene rings is 4. The average Bonchev–Trinajstić information content (AvgIpc) is 3.28. The second-order valence-corrected chi connectivity index (χ2v) is 23.3. The van der Waals surface area contributed by atoms with Crippen LogP contribution in [0.1, 0.15) is 55.5 Å². The third-order valence-electron chi connectivity index (χ3n) is 12.3. The van der Waals surface area contributed by atoms with E-state index in [1.54, 1.807) is 23.9 Å². The van der Waals surface area contributed by atoms with Crippen LogP contribution in [0.15, 0.2) is 117 Å². The van der Waals surface area contributed by atoms with Crippen LogP contribution in [0.4, 0.5) is 20.2 Å². The summed E-state index contributed by atoms with van der Waals surface area (Å²) in [4.78, 5) is 19.6. The first-order valence-corrected chi connectivity index (χ1v) is 26.4. The van der Waals surface area contributed by atoms with Crippen molar-refractivity contribution in [2.75, 3.05) is 81.5 Å². The predicted octanol–water partition coefficient (Wildman–Crippen LogP) is 9.10. The molecule has 0 spiro atoms. The molecule has 4 aromatic carbocycles. The third kappa shape index (κ3) is 12.6. The van der Waals surface area contributed by atoms with Crippen LogP contribution in [-0.4, -0.2) is 115 Å². The average molecular weight is 991 g/mol. The number of hydrogen-bond acceptors (Lipinski definition) is 11. The summed E-state index contributed by atoms with van der Waals surface area (Å²) in [5.74, 6) is -0.267. The van der Waals surface area contributed by atoms with Crippen molar-refractivity contribution >= 4 is 77.7 Å². The molecule has 4 aromatic rings. The van der Waals surface area contributed by atoms with Crippen LogP contribution in [0.5, 0.6) is 0 Å². The normalized spacial score (nSPS) is 18.3. The van der Waals surface area contributed by atoms with Gasteiger partial charge in [0.2, 0.25) is 0 Å². The number of nitrogens with one attached hydrogen (secondary N) is 2. The van der Waals surface area contributed by atoms with Gasteiger partial charge in [-0.15, -0.1) is 11.8 Å². The summed E-state index contributed by atoms with van der Waals surface area (Å²) in [5.41, 5.74) is 4.98. The zero-order chi connectivity index (χ0) is 46.4.